The van der Waals surface area contributed by atoms with Crippen molar-refractivity contribution in [2.24, 2.45) is 23.7 Å². The fourth-order valence-corrected chi connectivity index (χ4v) is 5.65. The van der Waals surface area contributed by atoms with E-state index in [-0.39, 0.29) is 41.2 Å². The minimum Gasteiger partial charge on any atom is -0.479 e. The second-order valence-corrected chi connectivity index (χ2v) is 9.22. The van der Waals surface area contributed by atoms with Crippen molar-refractivity contribution in [2.75, 3.05) is 0 Å². The molecule has 1 aromatic carbocycles. The van der Waals surface area contributed by atoms with Gasteiger partial charge in [0.15, 0.2) is 6.10 Å². The monoisotopic (exact) mass is 450 g/mol. The molecule has 0 spiro atoms. The van der Waals surface area contributed by atoms with E-state index in [0.29, 0.717) is 16.5 Å². The number of ether oxygens (including phenoxy) is 1. The number of nitrogens with zero attached hydrogens (tertiary/aromatic N) is 1. The highest BCUT2D eigenvalue weighted by molar-refractivity contribution is 6.34. The van der Waals surface area contributed by atoms with Crippen molar-refractivity contribution < 1.29 is 19.1 Å². The van der Waals surface area contributed by atoms with Gasteiger partial charge in [-0.2, -0.15) is 5.01 Å². The lowest BCUT2D eigenvalue weighted by molar-refractivity contribution is -0.151. The van der Waals surface area contributed by atoms with Crippen LogP contribution in [0.15, 0.2) is 29.3 Å². The van der Waals surface area contributed by atoms with Crippen LogP contribution in [0.3, 0.4) is 0 Å². The standard InChI is InChI=1S/C22H24Cl2N2O4/c1-4-15(30-16-9-11(23)5-8-14(16)24)20(27)25-26-21(28)18-12-6-7-13(17(12)10(2)3)19(18)22(26)29/h5,8-9,12-13,15,18-19H,4,6-7H2,1-3H3,(H,25,27)/t12-,13-,15-,18-,19+/m1/s1. The van der Waals surface area contributed by atoms with Gasteiger partial charge in [-0.25, -0.2) is 0 Å². The topological polar surface area (TPSA) is 75.7 Å². The smallest absolute Gasteiger partial charge is 0.279 e. The van der Waals surface area contributed by atoms with E-state index in [0.717, 1.165) is 17.9 Å². The maximum Gasteiger partial charge on any atom is 0.279 e. The fraction of sp³-hybridized carbons (Fsp3) is 0.500. The van der Waals surface area contributed by atoms with E-state index in [4.69, 9.17) is 27.9 Å². The highest BCUT2D eigenvalue weighted by Crippen LogP contribution is 2.59. The van der Waals surface area contributed by atoms with Crippen molar-refractivity contribution >= 4 is 40.9 Å². The second kappa shape index (κ2) is 7.89. The summed E-state index contributed by atoms with van der Waals surface area (Å²) in [7, 11) is 0. The van der Waals surface area contributed by atoms with Gasteiger partial charge in [0.2, 0.25) is 0 Å². The van der Waals surface area contributed by atoms with Gasteiger partial charge in [0.1, 0.15) is 5.75 Å². The molecule has 2 aliphatic carbocycles. The Bertz CT molecular complexity index is 924. The molecular formula is C22H24Cl2N2O4. The number of carbonyl (C=O) groups excluding carboxylic acids is 3. The third-order valence-electron chi connectivity index (χ3n) is 6.48. The average Bonchev–Trinajstić information content (AvgIpc) is 3.34. The predicted octanol–water partition coefficient (Wildman–Crippen LogP) is 4.16. The van der Waals surface area contributed by atoms with E-state index in [9.17, 15) is 14.4 Å². The van der Waals surface area contributed by atoms with Crippen molar-refractivity contribution in [1.29, 1.82) is 0 Å². The number of fused-ring (bicyclic) bond motifs is 5. The summed E-state index contributed by atoms with van der Waals surface area (Å²) in [6.07, 6.45) is 1.24. The Morgan fingerprint density at radius 2 is 1.77 bits per heavy atom. The van der Waals surface area contributed by atoms with E-state index in [1.54, 1.807) is 19.1 Å². The second-order valence-electron chi connectivity index (χ2n) is 8.37. The lowest BCUT2D eigenvalue weighted by Gasteiger charge is -2.23. The molecule has 3 amide bonds. The molecule has 30 heavy (non-hydrogen) atoms. The van der Waals surface area contributed by atoms with Crippen LogP contribution in [0, 0.1) is 23.7 Å². The van der Waals surface area contributed by atoms with Crippen LogP contribution in [0.2, 0.25) is 10.0 Å². The molecule has 3 aliphatic rings. The molecule has 1 N–H and O–H groups in total. The molecule has 0 aromatic heterocycles. The first kappa shape index (κ1) is 21.2. The molecule has 0 radical (unpaired) electrons. The number of halogens is 2. The number of rotatable bonds is 5. The molecule has 0 unspecified atom stereocenters. The average molecular weight is 451 g/mol. The number of hydrogen-bond donors (Lipinski definition) is 1. The van der Waals surface area contributed by atoms with E-state index >= 15 is 0 Å². The van der Waals surface area contributed by atoms with Crippen LogP contribution in [-0.2, 0) is 14.4 Å². The van der Waals surface area contributed by atoms with Gasteiger partial charge in [-0.3, -0.25) is 19.8 Å². The lowest BCUT2D eigenvalue weighted by Crippen LogP contribution is -2.51. The minimum absolute atomic E-state index is 0.104. The SMILES string of the molecule is CC[C@@H](Oc1cc(Cl)ccc1Cl)C(=O)NN1C(=O)[C@@H]2[C@H](C1=O)[C@@H]1CC[C@@H]2C1=C(C)C. The van der Waals surface area contributed by atoms with E-state index < -0.39 is 12.0 Å². The summed E-state index contributed by atoms with van der Waals surface area (Å²) in [6, 6.07) is 4.72. The van der Waals surface area contributed by atoms with E-state index in [1.807, 2.05) is 13.8 Å². The molecule has 160 valence electrons. The lowest BCUT2D eigenvalue weighted by atomic mass is 9.81. The first-order chi connectivity index (χ1) is 14.2. The molecule has 3 fully saturated rings. The molecule has 8 heteroatoms. The number of benzene rings is 1. The van der Waals surface area contributed by atoms with Gasteiger partial charge >= 0.3 is 0 Å². The third kappa shape index (κ3) is 3.30. The maximum absolute atomic E-state index is 13.0. The van der Waals surface area contributed by atoms with E-state index in [2.05, 4.69) is 5.43 Å². The number of hydrazine groups is 1. The Morgan fingerprint density at radius 1 is 1.17 bits per heavy atom. The number of allylic oxidation sites excluding steroid dienone is 2. The van der Waals surface area contributed by atoms with Crippen LogP contribution in [0.4, 0.5) is 0 Å². The Balaban J connectivity index is 1.50. The molecule has 4 rings (SSSR count). The van der Waals surface area contributed by atoms with Crippen molar-refractivity contribution in [2.45, 2.75) is 46.1 Å². The molecule has 1 heterocycles. The first-order valence-corrected chi connectivity index (χ1v) is 11.0. The number of nitrogens with one attached hydrogen (secondary N) is 1. The summed E-state index contributed by atoms with van der Waals surface area (Å²) < 4.78 is 5.73. The third-order valence-corrected chi connectivity index (χ3v) is 7.02. The largest absolute Gasteiger partial charge is 0.479 e. The zero-order valence-corrected chi connectivity index (χ0v) is 18.6. The molecule has 6 nitrogen and oxygen atoms in total. The van der Waals surface area contributed by atoms with Crippen LogP contribution in [-0.4, -0.2) is 28.8 Å². The van der Waals surface area contributed by atoms with Gasteiger partial charge in [0.25, 0.3) is 17.7 Å². The van der Waals surface area contributed by atoms with Gasteiger partial charge in [-0.05, 0) is 57.1 Å². The highest BCUT2D eigenvalue weighted by atomic mass is 35.5. The summed E-state index contributed by atoms with van der Waals surface area (Å²) in [5.74, 6) is -1.47. The maximum atomic E-state index is 13.0. The van der Waals surface area contributed by atoms with Crippen molar-refractivity contribution in [3.8, 4) is 5.75 Å². The number of hydrogen-bond acceptors (Lipinski definition) is 4. The Morgan fingerprint density at radius 3 is 2.30 bits per heavy atom. The zero-order valence-electron chi connectivity index (χ0n) is 17.1. The van der Waals surface area contributed by atoms with Gasteiger partial charge in [0, 0.05) is 11.1 Å². The van der Waals surface area contributed by atoms with Crippen LogP contribution in [0.1, 0.15) is 40.0 Å². The number of imide groups is 1. The Labute approximate surface area is 185 Å². The zero-order chi connectivity index (χ0) is 21.7. The molecule has 1 aromatic rings. The predicted molar refractivity (Wildman–Crippen MR) is 113 cm³/mol. The fourth-order valence-electron chi connectivity index (χ4n) is 5.33. The van der Waals surface area contributed by atoms with Crippen LogP contribution >= 0.6 is 23.2 Å². The quantitative estimate of drug-likeness (QED) is 0.539. The summed E-state index contributed by atoms with van der Waals surface area (Å²) >= 11 is 12.1. The Hall–Kier alpha value is -2.05. The number of carbonyl (C=O) groups is 3. The van der Waals surface area contributed by atoms with Crippen LogP contribution < -0.4 is 10.2 Å². The molecule has 2 saturated carbocycles. The summed E-state index contributed by atoms with van der Waals surface area (Å²) in [5, 5.41) is 1.66. The van der Waals surface area contributed by atoms with Crippen LogP contribution in [0.5, 0.6) is 5.75 Å². The molecule has 5 atom stereocenters. The van der Waals surface area contributed by atoms with Crippen molar-refractivity contribution in [3.63, 3.8) is 0 Å². The van der Waals surface area contributed by atoms with E-state index in [1.165, 1.54) is 17.2 Å². The summed E-state index contributed by atoms with van der Waals surface area (Å²) in [5.41, 5.74) is 4.97. The molecule has 1 saturated heterocycles. The summed E-state index contributed by atoms with van der Waals surface area (Å²) in [6.45, 7) is 5.85. The van der Waals surface area contributed by atoms with Crippen LogP contribution in [0.25, 0.3) is 0 Å². The first-order valence-electron chi connectivity index (χ1n) is 10.2. The highest BCUT2D eigenvalue weighted by Gasteiger charge is 2.63. The van der Waals surface area contributed by atoms with Crippen molar-refractivity contribution in [1.82, 2.24) is 10.4 Å². The van der Waals surface area contributed by atoms with Crippen molar-refractivity contribution in [3.05, 3.63) is 39.4 Å². The van der Waals surface area contributed by atoms with Gasteiger partial charge < -0.3 is 4.74 Å². The summed E-state index contributed by atoms with van der Waals surface area (Å²) in [4.78, 5) is 38.9. The molecule has 2 bridgehead atoms. The van der Waals surface area contributed by atoms with Gasteiger partial charge in [-0.1, -0.05) is 41.3 Å². The van der Waals surface area contributed by atoms with Gasteiger partial charge in [0.05, 0.1) is 16.9 Å². The molecular weight excluding hydrogens is 427 g/mol. The normalized spacial score (nSPS) is 28.0. The van der Waals surface area contributed by atoms with Gasteiger partial charge in [-0.15, -0.1) is 0 Å². The minimum atomic E-state index is -0.924. The Kier molecular flexibility index (Phi) is 5.58. The molecule has 1 aliphatic heterocycles. The number of amides is 3.